The maximum absolute atomic E-state index is 13.0. The number of aromatic nitrogens is 2. The number of ether oxygens (including phenoxy) is 2. The molecule has 3 heterocycles. The quantitative estimate of drug-likeness (QED) is 0.498. The first-order chi connectivity index (χ1) is 15.7. The second kappa shape index (κ2) is 9.18. The number of thiazole rings is 1. The molecule has 0 atom stereocenters. The van der Waals surface area contributed by atoms with E-state index in [0.29, 0.717) is 34.9 Å². The number of fused-ring (bicyclic) bond motifs is 1. The first-order valence-corrected chi connectivity index (χ1v) is 11.2. The summed E-state index contributed by atoms with van der Waals surface area (Å²) in [6.45, 7) is 2.75. The molecule has 0 saturated heterocycles. The maximum Gasteiger partial charge on any atom is 0.417 e. The lowest BCUT2D eigenvalue weighted by atomic mass is 10.0. The number of rotatable bonds is 4. The van der Waals surface area contributed by atoms with Gasteiger partial charge in [-0.05, 0) is 25.1 Å². The molecule has 0 radical (unpaired) electrons. The molecule has 11 heteroatoms. The van der Waals surface area contributed by atoms with Gasteiger partial charge in [-0.25, -0.2) is 4.98 Å². The Hall–Kier alpha value is -2.85. The van der Waals surface area contributed by atoms with Crippen molar-refractivity contribution in [2.75, 3.05) is 20.3 Å². The molecule has 0 aliphatic carbocycles. The highest BCUT2D eigenvalue weighted by Gasteiger charge is 2.32. The second-order valence-corrected chi connectivity index (χ2v) is 8.89. The number of aryl methyl sites for hydroxylation is 1. The summed E-state index contributed by atoms with van der Waals surface area (Å²) in [5.41, 5.74) is 1.04. The Morgan fingerprint density at radius 1 is 1.33 bits per heavy atom. The Balaban J connectivity index is 1.67. The van der Waals surface area contributed by atoms with Crippen LogP contribution in [0.2, 0.25) is 5.02 Å². The zero-order chi connectivity index (χ0) is 23.8. The van der Waals surface area contributed by atoms with E-state index in [9.17, 15) is 18.0 Å². The van der Waals surface area contributed by atoms with Crippen LogP contribution >= 0.6 is 22.9 Å². The van der Waals surface area contributed by atoms with Crippen LogP contribution in [-0.2, 0) is 23.9 Å². The zero-order valence-corrected chi connectivity index (χ0v) is 19.3. The van der Waals surface area contributed by atoms with E-state index < -0.39 is 11.7 Å². The van der Waals surface area contributed by atoms with Crippen LogP contribution in [0.4, 0.5) is 13.2 Å². The summed E-state index contributed by atoms with van der Waals surface area (Å²) >= 11 is 7.63. The minimum absolute atomic E-state index is 0.105. The summed E-state index contributed by atoms with van der Waals surface area (Å²) in [7, 11) is 1.46. The average Bonchev–Trinajstić information content (AvgIpc) is 3.04. The Labute approximate surface area is 196 Å². The lowest BCUT2D eigenvalue weighted by molar-refractivity contribution is -0.137. The summed E-state index contributed by atoms with van der Waals surface area (Å²) in [5.74, 6) is 0.751. The molecule has 0 unspecified atom stereocenters. The summed E-state index contributed by atoms with van der Waals surface area (Å²) < 4.78 is 50.3. The number of hydrogen-bond acceptors (Lipinski definition) is 6. The van der Waals surface area contributed by atoms with Gasteiger partial charge in [0.1, 0.15) is 6.61 Å². The molecule has 1 aliphatic rings. The van der Waals surface area contributed by atoms with Gasteiger partial charge in [0, 0.05) is 29.2 Å². The van der Waals surface area contributed by atoms with Gasteiger partial charge in [0.15, 0.2) is 11.5 Å². The number of halogens is 4. The van der Waals surface area contributed by atoms with E-state index in [1.165, 1.54) is 18.4 Å². The molecule has 0 spiro atoms. The maximum atomic E-state index is 13.0. The van der Waals surface area contributed by atoms with Crippen LogP contribution in [-0.4, -0.2) is 41.0 Å². The summed E-state index contributed by atoms with van der Waals surface area (Å²) in [6.07, 6.45) is -3.64. The number of carbonyl (C=O) groups excluding carboxylic acids is 1. The van der Waals surface area contributed by atoms with Crippen LogP contribution in [0.1, 0.15) is 21.8 Å². The molecule has 0 bridgehead atoms. The zero-order valence-electron chi connectivity index (χ0n) is 17.7. The summed E-state index contributed by atoms with van der Waals surface area (Å²) in [5, 5.41) is 2.60. The fourth-order valence-electron chi connectivity index (χ4n) is 3.55. The van der Waals surface area contributed by atoms with E-state index in [2.05, 4.69) is 9.97 Å². The molecule has 0 N–H and O–H groups in total. The van der Waals surface area contributed by atoms with Crippen molar-refractivity contribution in [1.82, 2.24) is 14.9 Å². The molecule has 1 amide bonds. The Kier molecular flexibility index (Phi) is 6.49. The lowest BCUT2D eigenvalue weighted by Gasteiger charge is -2.20. The highest BCUT2D eigenvalue weighted by atomic mass is 35.5. The molecule has 0 fully saturated rings. The molecule has 174 valence electrons. The van der Waals surface area contributed by atoms with Gasteiger partial charge in [-0.2, -0.15) is 13.2 Å². The van der Waals surface area contributed by atoms with Crippen molar-refractivity contribution in [1.29, 1.82) is 0 Å². The normalized spacial score (nSPS) is 13.8. The van der Waals surface area contributed by atoms with Gasteiger partial charge >= 0.3 is 6.18 Å². The minimum Gasteiger partial charge on any atom is -0.493 e. The second-order valence-electron chi connectivity index (χ2n) is 7.42. The molecule has 33 heavy (non-hydrogen) atoms. The Morgan fingerprint density at radius 3 is 2.76 bits per heavy atom. The predicted molar refractivity (Wildman–Crippen MR) is 118 cm³/mol. The first-order valence-electron chi connectivity index (χ1n) is 9.91. The van der Waals surface area contributed by atoms with Gasteiger partial charge in [-0.1, -0.05) is 11.6 Å². The van der Waals surface area contributed by atoms with E-state index >= 15 is 0 Å². The summed E-state index contributed by atoms with van der Waals surface area (Å²) in [6, 6.07) is 4.15. The third-order valence-corrected chi connectivity index (χ3v) is 6.22. The molecular formula is C22H19ClF3N3O3S. The molecule has 6 nitrogen and oxygen atoms in total. The number of benzene rings is 1. The molecule has 4 rings (SSSR count). The van der Waals surface area contributed by atoms with Gasteiger partial charge < -0.3 is 14.4 Å². The standard InChI is InChI=1S/C22H19ClF3N3O3S/c1-12-28-16(11-33-12)8-19(30)29-3-4-32-21-14(10-29)5-13(6-18(21)31-2)20-17(23)7-15(9-27-20)22(24,25)26/h5-7,9,11H,3-4,8,10H2,1-2H3. The van der Waals surface area contributed by atoms with Crippen LogP contribution in [0.3, 0.4) is 0 Å². The number of hydrogen-bond donors (Lipinski definition) is 0. The molecule has 1 aromatic carbocycles. The smallest absolute Gasteiger partial charge is 0.417 e. The minimum atomic E-state index is -4.55. The van der Waals surface area contributed by atoms with Crippen molar-refractivity contribution in [3.63, 3.8) is 0 Å². The van der Waals surface area contributed by atoms with Gasteiger partial charge in [-0.3, -0.25) is 9.78 Å². The first kappa shape index (κ1) is 23.3. The highest BCUT2D eigenvalue weighted by molar-refractivity contribution is 7.09. The van der Waals surface area contributed by atoms with Crippen molar-refractivity contribution >= 4 is 28.8 Å². The molecule has 0 saturated carbocycles. The van der Waals surface area contributed by atoms with Crippen LogP contribution in [0, 0.1) is 6.92 Å². The monoisotopic (exact) mass is 497 g/mol. The van der Waals surface area contributed by atoms with Crippen LogP contribution in [0.25, 0.3) is 11.3 Å². The van der Waals surface area contributed by atoms with Gasteiger partial charge in [0.05, 0.1) is 47.1 Å². The number of carbonyl (C=O) groups is 1. The van der Waals surface area contributed by atoms with Crippen molar-refractivity contribution in [3.8, 4) is 22.8 Å². The van der Waals surface area contributed by atoms with E-state index in [4.69, 9.17) is 21.1 Å². The summed E-state index contributed by atoms with van der Waals surface area (Å²) in [4.78, 5) is 22.8. The van der Waals surface area contributed by atoms with Gasteiger partial charge in [0.2, 0.25) is 5.91 Å². The molecular weight excluding hydrogens is 479 g/mol. The Morgan fingerprint density at radius 2 is 2.12 bits per heavy atom. The highest BCUT2D eigenvalue weighted by Crippen LogP contribution is 2.40. The number of amides is 1. The predicted octanol–water partition coefficient (Wildman–Crippen LogP) is 5.16. The topological polar surface area (TPSA) is 64.6 Å². The van der Waals surface area contributed by atoms with E-state index in [0.717, 1.165) is 17.3 Å². The number of nitrogens with zero attached hydrogens (tertiary/aromatic N) is 3. The SMILES string of the molecule is COc1cc(-c2ncc(C(F)(F)F)cc2Cl)cc2c1OCCN(C(=O)Cc1csc(C)n1)C2. The van der Waals surface area contributed by atoms with E-state index in [-0.39, 0.29) is 36.2 Å². The fraction of sp³-hybridized carbons (Fsp3) is 0.318. The van der Waals surface area contributed by atoms with Crippen molar-refractivity contribution in [2.45, 2.75) is 26.1 Å². The third kappa shape index (κ3) is 5.06. The number of alkyl halides is 3. The van der Waals surface area contributed by atoms with Crippen LogP contribution in [0.15, 0.2) is 29.8 Å². The van der Waals surface area contributed by atoms with E-state index in [1.807, 2.05) is 12.3 Å². The van der Waals surface area contributed by atoms with Gasteiger partial charge in [-0.15, -0.1) is 11.3 Å². The van der Waals surface area contributed by atoms with Crippen molar-refractivity contribution in [3.05, 3.63) is 56.6 Å². The third-order valence-electron chi connectivity index (χ3n) is 5.11. The van der Waals surface area contributed by atoms with Crippen LogP contribution < -0.4 is 9.47 Å². The van der Waals surface area contributed by atoms with Crippen molar-refractivity contribution in [2.24, 2.45) is 0 Å². The molecule has 2 aromatic heterocycles. The van der Waals surface area contributed by atoms with Gasteiger partial charge in [0.25, 0.3) is 0 Å². The fourth-order valence-corrected chi connectivity index (χ4v) is 4.43. The molecule has 1 aliphatic heterocycles. The number of pyridine rings is 1. The largest absolute Gasteiger partial charge is 0.493 e. The molecule has 3 aromatic rings. The number of methoxy groups -OCH3 is 1. The lowest BCUT2D eigenvalue weighted by Crippen LogP contribution is -2.33. The van der Waals surface area contributed by atoms with Crippen molar-refractivity contribution < 1.29 is 27.4 Å². The average molecular weight is 498 g/mol. The Bertz CT molecular complexity index is 1200. The van der Waals surface area contributed by atoms with Crippen LogP contribution in [0.5, 0.6) is 11.5 Å². The van der Waals surface area contributed by atoms with E-state index in [1.54, 1.807) is 17.0 Å².